The molecule has 3 nitrogen and oxygen atoms in total. The van der Waals surface area contributed by atoms with Gasteiger partial charge in [0.15, 0.2) is 0 Å². The minimum absolute atomic E-state index is 0.119. The Bertz CT molecular complexity index is 105. The van der Waals surface area contributed by atoms with E-state index in [9.17, 15) is 0 Å². The van der Waals surface area contributed by atoms with Crippen molar-refractivity contribution in [3.8, 4) is 0 Å². The summed E-state index contributed by atoms with van der Waals surface area (Å²) in [4.78, 5) is 0. The highest BCUT2D eigenvalue weighted by Gasteiger charge is 2.09. The molecule has 0 aromatic carbocycles. The van der Waals surface area contributed by atoms with Crippen LogP contribution in [0.3, 0.4) is 0 Å². The lowest BCUT2D eigenvalue weighted by Crippen LogP contribution is -2.24. The first kappa shape index (κ1) is 10.1. The monoisotopic (exact) mass is 210 g/mol. The lowest BCUT2D eigenvalue weighted by molar-refractivity contribution is 0.0655. The number of aliphatic hydroxyl groups is 3. The van der Waals surface area contributed by atoms with E-state index in [4.69, 9.17) is 15.3 Å². The fourth-order valence-electron chi connectivity index (χ4n) is 0.420. The minimum Gasteiger partial charge on any atom is -0.392 e. The van der Waals surface area contributed by atoms with Crippen LogP contribution >= 0.6 is 15.9 Å². The molecule has 0 aliphatic carbocycles. The van der Waals surface area contributed by atoms with Crippen molar-refractivity contribution < 1.29 is 15.3 Å². The molecule has 0 rings (SSSR count). The van der Waals surface area contributed by atoms with Crippen molar-refractivity contribution >= 4 is 15.9 Å². The Kier molecular flexibility index (Phi) is 5.91. The van der Waals surface area contributed by atoms with Crippen molar-refractivity contribution in [2.75, 3.05) is 11.9 Å². The average Bonchev–Trinajstić information content (AvgIpc) is 1.98. The molecule has 0 radical (unpaired) electrons. The molecule has 0 spiro atoms. The molecule has 0 aromatic rings. The van der Waals surface area contributed by atoms with Gasteiger partial charge < -0.3 is 15.3 Å². The normalized spacial score (nSPS) is 17.6. The maximum Gasteiger partial charge on any atom is 0.0989 e. The number of halogens is 1. The summed E-state index contributed by atoms with van der Waals surface area (Å²) in [6.07, 6.45) is 1.04. The van der Waals surface area contributed by atoms with Crippen molar-refractivity contribution in [3.05, 3.63) is 12.2 Å². The molecular formula is C6H11BrO3. The predicted molar refractivity (Wildman–Crippen MR) is 42.0 cm³/mol. The fraction of sp³-hybridized carbons (Fsp3) is 0.667. The molecule has 10 heavy (non-hydrogen) atoms. The van der Waals surface area contributed by atoms with Crippen LogP contribution in [0.1, 0.15) is 0 Å². The lowest BCUT2D eigenvalue weighted by Gasteiger charge is -2.09. The Morgan fingerprint density at radius 1 is 1.40 bits per heavy atom. The van der Waals surface area contributed by atoms with E-state index in [-0.39, 0.29) is 6.61 Å². The first-order valence-electron chi connectivity index (χ1n) is 2.92. The Morgan fingerprint density at radius 3 is 2.40 bits per heavy atom. The summed E-state index contributed by atoms with van der Waals surface area (Å²) in [5.41, 5.74) is 0. The molecule has 0 aliphatic rings. The van der Waals surface area contributed by atoms with Crippen LogP contribution in [0.5, 0.6) is 0 Å². The van der Waals surface area contributed by atoms with E-state index in [0.29, 0.717) is 5.33 Å². The Labute approximate surface area is 68.1 Å². The SMILES string of the molecule is OC/C=C/[C@H](O)[C@@H](O)CBr. The van der Waals surface area contributed by atoms with Gasteiger partial charge in [-0.05, 0) is 0 Å². The molecule has 0 bridgehead atoms. The van der Waals surface area contributed by atoms with Gasteiger partial charge in [-0.3, -0.25) is 0 Å². The Hall–Kier alpha value is 0.100. The molecule has 0 fully saturated rings. The Balaban J connectivity index is 3.60. The summed E-state index contributed by atoms with van der Waals surface area (Å²) < 4.78 is 0. The third-order valence-corrected chi connectivity index (χ3v) is 1.65. The number of aliphatic hydroxyl groups excluding tert-OH is 3. The third kappa shape index (κ3) is 4.00. The second kappa shape index (κ2) is 5.85. The van der Waals surface area contributed by atoms with E-state index in [0.717, 1.165) is 0 Å². The molecule has 0 unspecified atom stereocenters. The van der Waals surface area contributed by atoms with Crippen LogP contribution < -0.4 is 0 Å². The van der Waals surface area contributed by atoms with Crippen LogP contribution in [0, 0.1) is 0 Å². The zero-order valence-corrected chi connectivity index (χ0v) is 7.03. The summed E-state index contributed by atoms with van der Waals surface area (Å²) in [5, 5.41) is 26.5. The van der Waals surface area contributed by atoms with E-state index in [2.05, 4.69) is 15.9 Å². The largest absolute Gasteiger partial charge is 0.392 e. The summed E-state index contributed by atoms with van der Waals surface area (Å²) >= 11 is 3.00. The smallest absolute Gasteiger partial charge is 0.0989 e. The second-order valence-corrected chi connectivity index (χ2v) is 2.47. The number of hydrogen-bond acceptors (Lipinski definition) is 3. The van der Waals surface area contributed by atoms with E-state index in [1.165, 1.54) is 12.2 Å². The van der Waals surface area contributed by atoms with Gasteiger partial charge in [-0.25, -0.2) is 0 Å². The molecule has 2 atom stereocenters. The maximum absolute atomic E-state index is 8.97. The number of alkyl halides is 1. The van der Waals surface area contributed by atoms with Crippen LogP contribution in [-0.2, 0) is 0 Å². The summed E-state index contributed by atoms with van der Waals surface area (Å²) in [5.74, 6) is 0. The number of hydrogen-bond donors (Lipinski definition) is 3. The van der Waals surface area contributed by atoms with Gasteiger partial charge in [0.1, 0.15) is 0 Å². The minimum atomic E-state index is -0.897. The molecule has 0 saturated heterocycles. The topological polar surface area (TPSA) is 60.7 Å². The summed E-state index contributed by atoms with van der Waals surface area (Å²) in [6.45, 7) is -0.119. The van der Waals surface area contributed by atoms with Gasteiger partial charge in [-0.1, -0.05) is 28.1 Å². The zero-order valence-electron chi connectivity index (χ0n) is 5.44. The van der Waals surface area contributed by atoms with Crippen molar-refractivity contribution in [1.29, 1.82) is 0 Å². The molecule has 3 N–H and O–H groups in total. The van der Waals surface area contributed by atoms with Gasteiger partial charge in [0.25, 0.3) is 0 Å². The molecule has 0 amide bonds. The Morgan fingerprint density at radius 2 is 2.00 bits per heavy atom. The highest BCUT2D eigenvalue weighted by molar-refractivity contribution is 9.09. The molecule has 0 aliphatic heterocycles. The van der Waals surface area contributed by atoms with Crippen LogP contribution in [0.4, 0.5) is 0 Å². The maximum atomic E-state index is 8.97. The molecule has 0 aromatic heterocycles. The van der Waals surface area contributed by atoms with Gasteiger partial charge in [0.05, 0.1) is 18.8 Å². The van der Waals surface area contributed by atoms with Gasteiger partial charge >= 0.3 is 0 Å². The van der Waals surface area contributed by atoms with E-state index >= 15 is 0 Å². The second-order valence-electron chi connectivity index (χ2n) is 1.82. The van der Waals surface area contributed by atoms with E-state index in [1.807, 2.05) is 0 Å². The lowest BCUT2D eigenvalue weighted by atomic mass is 10.2. The van der Waals surface area contributed by atoms with E-state index < -0.39 is 12.2 Å². The first-order chi connectivity index (χ1) is 4.72. The molecule has 60 valence electrons. The highest BCUT2D eigenvalue weighted by Crippen LogP contribution is 1.98. The van der Waals surface area contributed by atoms with Crippen molar-refractivity contribution in [2.24, 2.45) is 0 Å². The average molecular weight is 211 g/mol. The third-order valence-electron chi connectivity index (χ3n) is 0.991. The van der Waals surface area contributed by atoms with Gasteiger partial charge in [0, 0.05) is 5.33 Å². The summed E-state index contributed by atoms with van der Waals surface area (Å²) in [7, 11) is 0. The van der Waals surface area contributed by atoms with Crippen LogP contribution in [-0.4, -0.2) is 39.5 Å². The molecule has 0 saturated carbocycles. The van der Waals surface area contributed by atoms with Crippen LogP contribution in [0.25, 0.3) is 0 Å². The highest BCUT2D eigenvalue weighted by atomic mass is 79.9. The molecule has 4 heteroatoms. The van der Waals surface area contributed by atoms with Crippen molar-refractivity contribution in [3.63, 3.8) is 0 Å². The number of rotatable bonds is 4. The molecular weight excluding hydrogens is 200 g/mol. The predicted octanol–water partition coefficient (Wildman–Crippen LogP) is -0.348. The quantitative estimate of drug-likeness (QED) is 0.440. The zero-order chi connectivity index (χ0) is 7.98. The fourth-order valence-corrected chi connectivity index (χ4v) is 0.803. The van der Waals surface area contributed by atoms with Gasteiger partial charge in [-0.2, -0.15) is 0 Å². The van der Waals surface area contributed by atoms with E-state index in [1.54, 1.807) is 0 Å². The van der Waals surface area contributed by atoms with Crippen LogP contribution in [0.15, 0.2) is 12.2 Å². The first-order valence-corrected chi connectivity index (χ1v) is 4.04. The molecule has 0 heterocycles. The standard InChI is InChI=1S/C6H11BrO3/c7-4-6(10)5(9)2-1-3-8/h1-2,5-6,8-10H,3-4H2/b2-1+/t5-,6-/m0/s1. The van der Waals surface area contributed by atoms with Crippen LogP contribution in [0.2, 0.25) is 0 Å². The van der Waals surface area contributed by atoms with Gasteiger partial charge in [0.2, 0.25) is 0 Å². The van der Waals surface area contributed by atoms with Gasteiger partial charge in [-0.15, -0.1) is 0 Å². The van der Waals surface area contributed by atoms with Crippen molar-refractivity contribution in [1.82, 2.24) is 0 Å². The van der Waals surface area contributed by atoms with Crippen molar-refractivity contribution in [2.45, 2.75) is 12.2 Å². The summed E-state index contributed by atoms with van der Waals surface area (Å²) in [6, 6.07) is 0.